The lowest BCUT2D eigenvalue weighted by Crippen LogP contribution is -1.92. The van der Waals surface area contributed by atoms with E-state index in [1.807, 2.05) is 51.1 Å². The summed E-state index contributed by atoms with van der Waals surface area (Å²) in [7, 11) is 0. The minimum atomic E-state index is 0.517. The highest BCUT2D eigenvalue weighted by atomic mass is 32.1. The third-order valence-corrected chi connectivity index (χ3v) is 4.63. The summed E-state index contributed by atoms with van der Waals surface area (Å²) in [6.07, 6.45) is 0. The van der Waals surface area contributed by atoms with Crippen molar-refractivity contribution in [3.05, 3.63) is 52.8 Å². The van der Waals surface area contributed by atoms with Gasteiger partial charge in [0.1, 0.15) is 0 Å². The highest BCUT2D eigenvalue weighted by molar-refractivity contribution is 7.19. The molecule has 0 atom stereocenters. The first kappa shape index (κ1) is 15.2. The van der Waals surface area contributed by atoms with E-state index < -0.39 is 0 Å². The molecule has 0 aliphatic carbocycles. The largest absolute Gasteiger partial charge is 0.375 e. The quantitative estimate of drug-likeness (QED) is 0.766. The second-order valence-electron chi connectivity index (χ2n) is 5.46. The van der Waals surface area contributed by atoms with E-state index >= 15 is 0 Å². The normalized spacial score (nSPS) is 10.5. The monoisotopic (exact) mass is 320 g/mol. The number of nitrogen functional groups attached to an aromatic ring is 1. The second-order valence-corrected chi connectivity index (χ2v) is 6.49. The zero-order valence-corrected chi connectivity index (χ0v) is 14.0. The van der Waals surface area contributed by atoms with Crippen LogP contribution in [0.2, 0.25) is 0 Å². The van der Waals surface area contributed by atoms with Gasteiger partial charge in [-0.15, -0.1) is 0 Å². The first-order valence-corrected chi connectivity index (χ1v) is 8.03. The maximum Gasteiger partial charge on any atom is 0.181 e. The van der Waals surface area contributed by atoms with Crippen molar-refractivity contribution in [2.24, 2.45) is 0 Å². The van der Waals surface area contributed by atoms with E-state index in [1.54, 1.807) is 0 Å². The summed E-state index contributed by atoms with van der Waals surface area (Å²) in [5.41, 5.74) is 12.3. The van der Waals surface area contributed by atoms with Crippen LogP contribution in [0.15, 0.2) is 30.3 Å². The number of pyridine rings is 1. The van der Waals surface area contributed by atoms with Crippen molar-refractivity contribution in [1.82, 2.24) is 9.97 Å². The Balaban J connectivity index is 2.25. The molecule has 4 nitrogen and oxygen atoms in total. The highest BCUT2D eigenvalue weighted by Gasteiger charge is 2.17. The number of thiazole rings is 1. The molecule has 114 valence electrons. The fourth-order valence-electron chi connectivity index (χ4n) is 2.69. The third-order valence-electron chi connectivity index (χ3n) is 3.70. The van der Waals surface area contributed by atoms with Crippen molar-refractivity contribution in [3.8, 4) is 27.8 Å². The Morgan fingerprint density at radius 2 is 1.78 bits per heavy atom. The van der Waals surface area contributed by atoms with Crippen LogP contribution >= 0.6 is 11.3 Å². The van der Waals surface area contributed by atoms with E-state index in [9.17, 15) is 5.26 Å². The van der Waals surface area contributed by atoms with Crippen molar-refractivity contribution in [2.75, 3.05) is 5.73 Å². The Morgan fingerprint density at radius 1 is 1.09 bits per heavy atom. The number of rotatable bonds is 2. The number of nitriles is 1. The predicted octanol–water partition coefficient (Wildman–Crippen LogP) is 4.25. The number of aromatic nitrogens is 2. The fourth-order valence-corrected chi connectivity index (χ4v) is 3.53. The van der Waals surface area contributed by atoms with Crippen LogP contribution in [0.3, 0.4) is 0 Å². The molecule has 2 N–H and O–H groups in total. The maximum absolute atomic E-state index is 9.25. The van der Waals surface area contributed by atoms with Gasteiger partial charge in [0.15, 0.2) is 5.13 Å². The first-order chi connectivity index (χ1) is 11.0. The number of hydrogen-bond donors (Lipinski definition) is 1. The van der Waals surface area contributed by atoms with E-state index in [4.69, 9.17) is 5.73 Å². The summed E-state index contributed by atoms with van der Waals surface area (Å²) in [5, 5.41) is 9.77. The topological polar surface area (TPSA) is 75.6 Å². The zero-order valence-electron chi connectivity index (χ0n) is 13.2. The molecule has 3 aromatic rings. The molecule has 0 aliphatic rings. The molecule has 5 heteroatoms. The lowest BCUT2D eigenvalue weighted by Gasteiger charge is -2.08. The van der Waals surface area contributed by atoms with Gasteiger partial charge in [0, 0.05) is 17.0 Å². The Kier molecular flexibility index (Phi) is 3.85. The van der Waals surface area contributed by atoms with Gasteiger partial charge < -0.3 is 5.73 Å². The number of aryl methyl sites for hydroxylation is 2. The van der Waals surface area contributed by atoms with Gasteiger partial charge in [-0.05, 0) is 50.1 Å². The van der Waals surface area contributed by atoms with Crippen LogP contribution in [0.25, 0.3) is 21.7 Å². The molecule has 23 heavy (non-hydrogen) atoms. The molecule has 0 bridgehead atoms. The molecule has 0 radical (unpaired) electrons. The predicted molar refractivity (Wildman–Crippen MR) is 94.1 cm³/mol. The summed E-state index contributed by atoms with van der Waals surface area (Å²) in [6.45, 7) is 5.89. The Hall–Kier alpha value is -2.71. The van der Waals surface area contributed by atoms with Crippen LogP contribution in [0, 0.1) is 32.1 Å². The molecule has 0 amide bonds. The smallest absolute Gasteiger partial charge is 0.181 e. The van der Waals surface area contributed by atoms with Crippen LogP contribution < -0.4 is 5.73 Å². The van der Waals surface area contributed by atoms with Gasteiger partial charge in [0.25, 0.3) is 0 Å². The summed E-state index contributed by atoms with van der Waals surface area (Å²) in [4.78, 5) is 9.95. The lowest BCUT2D eigenvalue weighted by atomic mass is 9.98. The second kappa shape index (κ2) is 5.82. The molecule has 2 heterocycles. The van der Waals surface area contributed by atoms with E-state index in [-0.39, 0.29) is 0 Å². The lowest BCUT2D eigenvalue weighted by molar-refractivity contribution is 1.13. The van der Waals surface area contributed by atoms with E-state index in [2.05, 4.69) is 16.0 Å². The first-order valence-electron chi connectivity index (χ1n) is 7.21. The van der Waals surface area contributed by atoms with Crippen LogP contribution in [-0.4, -0.2) is 9.97 Å². The van der Waals surface area contributed by atoms with Gasteiger partial charge in [-0.25, -0.2) is 4.98 Å². The van der Waals surface area contributed by atoms with Crippen molar-refractivity contribution in [1.29, 1.82) is 5.26 Å². The summed E-state index contributed by atoms with van der Waals surface area (Å²) < 4.78 is 0. The fraction of sp³-hybridized carbons (Fsp3) is 0.167. The van der Waals surface area contributed by atoms with Crippen LogP contribution in [0.5, 0.6) is 0 Å². The SMILES string of the molecule is Cc1cc(-c2sc(N)nc2-c2cccc(C#N)c2C)cc(C)n1. The maximum atomic E-state index is 9.25. The van der Waals surface area contributed by atoms with Gasteiger partial charge >= 0.3 is 0 Å². The average Bonchev–Trinajstić information content (AvgIpc) is 2.88. The van der Waals surface area contributed by atoms with Gasteiger partial charge in [-0.2, -0.15) is 5.26 Å². The molecule has 0 saturated carbocycles. The van der Waals surface area contributed by atoms with E-state index in [0.717, 1.165) is 38.6 Å². The van der Waals surface area contributed by atoms with Crippen molar-refractivity contribution < 1.29 is 0 Å². The minimum absolute atomic E-state index is 0.517. The highest BCUT2D eigenvalue weighted by Crippen LogP contribution is 2.39. The van der Waals surface area contributed by atoms with Crippen molar-refractivity contribution in [2.45, 2.75) is 20.8 Å². The summed E-state index contributed by atoms with van der Waals surface area (Å²) >= 11 is 1.46. The molecule has 0 fully saturated rings. The molecule has 3 rings (SSSR count). The summed E-state index contributed by atoms with van der Waals surface area (Å²) in [5.74, 6) is 0. The van der Waals surface area contributed by atoms with Gasteiger partial charge in [-0.1, -0.05) is 23.5 Å². The van der Waals surface area contributed by atoms with Crippen molar-refractivity contribution >= 4 is 16.5 Å². The Labute approximate surface area is 139 Å². The van der Waals surface area contributed by atoms with Crippen LogP contribution in [-0.2, 0) is 0 Å². The minimum Gasteiger partial charge on any atom is -0.375 e. The average molecular weight is 320 g/mol. The summed E-state index contributed by atoms with van der Waals surface area (Å²) in [6, 6.07) is 12.0. The number of nitrogens with two attached hydrogens (primary N) is 1. The molecular weight excluding hydrogens is 304 g/mol. The standard InChI is InChI=1S/C18H16N4S/c1-10-7-14(8-11(2)21-10)17-16(22-18(20)23-17)15-6-4-5-13(9-19)12(15)3/h4-8H,1-3H3,(H2,20,22). The number of anilines is 1. The molecule has 0 unspecified atom stereocenters. The molecule has 2 aromatic heterocycles. The van der Waals surface area contributed by atoms with Crippen molar-refractivity contribution in [3.63, 3.8) is 0 Å². The molecule has 1 aromatic carbocycles. The third kappa shape index (κ3) is 2.81. The van der Waals surface area contributed by atoms with Gasteiger partial charge in [-0.3, -0.25) is 4.98 Å². The number of benzene rings is 1. The Bertz CT molecular complexity index is 914. The van der Waals surface area contributed by atoms with E-state index in [1.165, 1.54) is 11.3 Å². The van der Waals surface area contributed by atoms with Crippen LogP contribution in [0.1, 0.15) is 22.5 Å². The van der Waals surface area contributed by atoms with E-state index in [0.29, 0.717) is 10.7 Å². The van der Waals surface area contributed by atoms with Gasteiger partial charge in [0.05, 0.1) is 22.2 Å². The molecule has 0 aliphatic heterocycles. The molecular formula is C18H16N4S. The Morgan fingerprint density at radius 3 is 2.43 bits per heavy atom. The van der Waals surface area contributed by atoms with Gasteiger partial charge in [0.2, 0.25) is 0 Å². The van der Waals surface area contributed by atoms with Crippen LogP contribution in [0.4, 0.5) is 5.13 Å². The molecule has 0 saturated heterocycles. The number of nitrogens with zero attached hydrogens (tertiary/aromatic N) is 3. The molecule has 0 spiro atoms. The number of hydrogen-bond acceptors (Lipinski definition) is 5. The zero-order chi connectivity index (χ0) is 16.6.